The van der Waals surface area contributed by atoms with Gasteiger partial charge in [-0.2, -0.15) is 13.9 Å². The molecule has 1 heterocycles. The second-order valence-corrected chi connectivity index (χ2v) is 5.11. The summed E-state index contributed by atoms with van der Waals surface area (Å²) in [6.45, 7) is -1.07. The zero-order valence-electron chi connectivity index (χ0n) is 13.2. The van der Waals surface area contributed by atoms with Crippen molar-refractivity contribution in [1.29, 1.82) is 0 Å². The standard InChI is InChI=1S/C17H16F2N4O/c1-11(21-22-12-6-5-7-13(10-12)24-2)16-20-14-8-3-4-9-15(14)23(16)17(18)19/h3-10,17,22H,1-2H3. The number of rotatable bonds is 5. The number of nitrogens with zero attached hydrogens (tertiary/aromatic N) is 3. The molecular formula is C17H16F2N4O. The molecule has 0 unspecified atom stereocenters. The molecule has 0 amide bonds. The third-order valence-electron chi connectivity index (χ3n) is 3.54. The van der Waals surface area contributed by atoms with E-state index in [0.29, 0.717) is 28.2 Å². The maximum atomic E-state index is 13.4. The number of anilines is 1. The van der Waals surface area contributed by atoms with E-state index in [1.165, 1.54) is 0 Å². The number of hydrazone groups is 1. The molecule has 0 aliphatic carbocycles. The highest BCUT2D eigenvalue weighted by Crippen LogP contribution is 2.23. The lowest BCUT2D eigenvalue weighted by atomic mass is 10.3. The predicted molar refractivity (Wildman–Crippen MR) is 89.8 cm³/mol. The molecule has 0 saturated heterocycles. The molecule has 124 valence electrons. The molecule has 0 bridgehead atoms. The normalized spacial score (nSPS) is 12.0. The van der Waals surface area contributed by atoms with Crippen molar-refractivity contribution in [3.8, 4) is 5.75 Å². The fourth-order valence-corrected chi connectivity index (χ4v) is 2.39. The first kappa shape index (κ1) is 15.9. The van der Waals surface area contributed by atoms with Crippen molar-refractivity contribution < 1.29 is 13.5 Å². The van der Waals surface area contributed by atoms with E-state index in [0.717, 1.165) is 4.57 Å². The Labute approximate surface area is 137 Å². The fraction of sp³-hybridized carbons (Fsp3) is 0.176. The topological polar surface area (TPSA) is 51.4 Å². The van der Waals surface area contributed by atoms with Gasteiger partial charge in [0.1, 0.15) is 11.5 Å². The van der Waals surface area contributed by atoms with Gasteiger partial charge in [0.05, 0.1) is 23.8 Å². The number of benzene rings is 2. The van der Waals surface area contributed by atoms with Crippen molar-refractivity contribution in [3.63, 3.8) is 0 Å². The van der Waals surface area contributed by atoms with Crippen LogP contribution in [0, 0.1) is 0 Å². The molecule has 2 aromatic carbocycles. The number of hydrogen-bond donors (Lipinski definition) is 1. The number of methoxy groups -OCH3 is 1. The molecule has 5 nitrogen and oxygen atoms in total. The Bertz CT molecular complexity index is 889. The third kappa shape index (κ3) is 3.05. The minimum Gasteiger partial charge on any atom is -0.497 e. The van der Waals surface area contributed by atoms with Crippen LogP contribution in [0.2, 0.25) is 0 Å². The summed E-state index contributed by atoms with van der Waals surface area (Å²) in [6, 6.07) is 13.9. The molecule has 0 aliphatic rings. The van der Waals surface area contributed by atoms with Crippen molar-refractivity contribution >= 4 is 22.4 Å². The second kappa shape index (κ2) is 6.66. The second-order valence-electron chi connectivity index (χ2n) is 5.11. The maximum Gasteiger partial charge on any atom is 0.320 e. The monoisotopic (exact) mass is 330 g/mol. The quantitative estimate of drug-likeness (QED) is 0.561. The van der Waals surface area contributed by atoms with E-state index >= 15 is 0 Å². The fourth-order valence-electron chi connectivity index (χ4n) is 2.39. The van der Waals surface area contributed by atoms with E-state index in [9.17, 15) is 8.78 Å². The summed E-state index contributed by atoms with van der Waals surface area (Å²) in [7, 11) is 1.57. The molecular weight excluding hydrogens is 314 g/mol. The number of nitrogens with one attached hydrogen (secondary N) is 1. The Balaban J connectivity index is 1.95. The highest BCUT2D eigenvalue weighted by Gasteiger charge is 2.19. The number of aromatic nitrogens is 2. The van der Waals surface area contributed by atoms with E-state index in [1.54, 1.807) is 62.6 Å². The number of halogens is 2. The van der Waals surface area contributed by atoms with E-state index in [-0.39, 0.29) is 5.82 Å². The number of ether oxygens (including phenoxy) is 1. The lowest BCUT2D eigenvalue weighted by molar-refractivity contribution is 0.0740. The van der Waals surface area contributed by atoms with Crippen LogP contribution in [0.1, 0.15) is 19.3 Å². The number of alkyl halides is 2. The van der Waals surface area contributed by atoms with Gasteiger partial charge in [0, 0.05) is 6.07 Å². The van der Waals surface area contributed by atoms with Gasteiger partial charge in [0.25, 0.3) is 0 Å². The van der Waals surface area contributed by atoms with Gasteiger partial charge in [0.2, 0.25) is 0 Å². The molecule has 0 atom stereocenters. The van der Waals surface area contributed by atoms with E-state index in [4.69, 9.17) is 4.74 Å². The van der Waals surface area contributed by atoms with Crippen molar-refractivity contribution in [2.75, 3.05) is 12.5 Å². The zero-order chi connectivity index (χ0) is 17.1. The van der Waals surface area contributed by atoms with Crippen molar-refractivity contribution in [2.45, 2.75) is 13.5 Å². The molecule has 0 saturated carbocycles. The molecule has 1 N–H and O–H groups in total. The average Bonchev–Trinajstić information content (AvgIpc) is 2.99. The first-order valence-corrected chi connectivity index (χ1v) is 7.30. The summed E-state index contributed by atoms with van der Waals surface area (Å²) < 4.78 is 32.9. The van der Waals surface area contributed by atoms with Crippen molar-refractivity contribution in [1.82, 2.24) is 9.55 Å². The summed E-state index contributed by atoms with van der Waals surface area (Å²) in [5, 5.41) is 4.17. The summed E-state index contributed by atoms with van der Waals surface area (Å²) in [4.78, 5) is 4.27. The molecule has 7 heteroatoms. The largest absolute Gasteiger partial charge is 0.497 e. The van der Waals surface area contributed by atoms with E-state index in [2.05, 4.69) is 15.5 Å². The Kier molecular flexibility index (Phi) is 4.41. The average molecular weight is 330 g/mol. The van der Waals surface area contributed by atoms with Crippen LogP contribution < -0.4 is 10.2 Å². The smallest absolute Gasteiger partial charge is 0.320 e. The first-order valence-electron chi connectivity index (χ1n) is 7.30. The highest BCUT2D eigenvalue weighted by atomic mass is 19.3. The molecule has 0 aliphatic heterocycles. The molecule has 0 radical (unpaired) electrons. The minimum atomic E-state index is -2.70. The van der Waals surface area contributed by atoms with Gasteiger partial charge in [-0.1, -0.05) is 18.2 Å². The van der Waals surface area contributed by atoms with E-state index in [1.807, 2.05) is 0 Å². The van der Waals surface area contributed by atoms with Crippen LogP contribution in [0.25, 0.3) is 11.0 Å². The predicted octanol–water partition coefficient (Wildman–Crippen LogP) is 4.28. The van der Waals surface area contributed by atoms with Crippen LogP contribution in [-0.4, -0.2) is 22.4 Å². The Hall–Kier alpha value is -2.96. The lowest BCUT2D eigenvalue weighted by Gasteiger charge is -2.08. The van der Waals surface area contributed by atoms with Gasteiger partial charge in [-0.05, 0) is 31.2 Å². The molecule has 0 spiro atoms. The number of fused-ring (bicyclic) bond motifs is 1. The SMILES string of the molecule is COc1cccc(NN=C(C)c2nc3ccccc3n2C(F)F)c1. The third-order valence-corrected chi connectivity index (χ3v) is 3.54. The number of hydrogen-bond acceptors (Lipinski definition) is 4. The summed E-state index contributed by atoms with van der Waals surface area (Å²) in [5.41, 5.74) is 4.76. The summed E-state index contributed by atoms with van der Waals surface area (Å²) in [5.74, 6) is 0.800. The molecule has 1 aromatic heterocycles. The Morgan fingerprint density at radius 1 is 1.21 bits per heavy atom. The first-order chi connectivity index (χ1) is 11.6. The minimum absolute atomic E-state index is 0.126. The van der Waals surface area contributed by atoms with Gasteiger partial charge >= 0.3 is 6.55 Å². The van der Waals surface area contributed by atoms with Gasteiger partial charge in [0.15, 0.2) is 5.82 Å². The Morgan fingerprint density at radius 3 is 2.75 bits per heavy atom. The summed E-state index contributed by atoms with van der Waals surface area (Å²) in [6.07, 6.45) is 0. The number of imidazole rings is 1. The molecule has 3 aromatic rings. The van der Waals surface area contributed by atoms with Crippen LogP contribution in [0.4, 0.5) is 14.5 Å². The van der Waals surface area contributed by atoms with Crippen LogP contribution in [0.15, 0.2) is 53.6 Å². The summed E-state index contributed by atoms with van der Waals surface area (Å²) >= 11 is 0. The molecule has 24 heavy (non-hydrogen) atoms. The van der Waals surface area contributed by atoms with Crippen molar-refractivity contribution in [2.24, 2.45) is 5.10 Å². The lowest BCUT2D eigenvalue weighted by Crippen LogP contribution is -2.11. The van der Waals surface area contributed by atoms with Gasteiger partial charge in [-0.25, -0.2) is 4.98 Å². The maximum absolute atomic E-state index is 13.4. The molecule has 0 fully saturated rings. The van der Waals surface area contributed by atoms with Crippen LogP contribution in [0.3, 0.4) is 0 Å². The van der Waals surface area contributed by atoms with Gasteiger partial charge in [-0.15, -0.1) is 0 Å². The number of para-hydroxylation sites is 2. The van der Waals surface area contributed by atoms with Gasteiger partial charge < -0.3 is 4.74 Å². The molecule has 3 rings (SSSR count). The van der Waals surface area contributed by atoms with Gasteiger partial charge in [-0.3, -0.25) is 9.99 Å². The van der Waals surface area contributed by atoms with Crippen LogP contribution >= 0.6 is 0 Å². The van der Waals surface area contributed by atoms with Crippen LogP contribution in [-0.2, 0) is 0 Å². The van der Waals surface area contributed by atoms with Crippen molar-refractivity contribution in [3.05, 3.63) is 54.4 Å². The Morgan fingerprint density at radius 2 is 2.00 bits per heavy atom. The van der Waals surface area contributed by atoms with Crippen LogP contribution in [0.5, 0.6) is 5.75 Å². The highest BCUT2D eigenvalue weighted by molar-refractivity contribution is 5.99. The zero-order valence-corrected chi connectivity index (χ0v) is 13.2. The van der Waals surface area contributed by atoms with E-state index < -0.39 is 6.55 Å².